The van der Waals surface area contributed by atoms with Crippen molar-refractivity contribution in [1.29, 1.82) is 0 Å². The van der Waals surface area contributed by atoms with E-state index in [2.05, 4.69) is 10.1 Å². The van der Waals surface area contributed by atoms with Gasteiger partial charge in [-0.1, -0.05) is 5.16 Å². The summed E-state index contributed by atoms with van der Waals surface area (Å²) in [6, 6.07) is 5.32. The molecule has 2 aromatic rings. The normalized spacial score (nSPS) is 26.3. The number of rotatable bonds is 3. The van der Waals surface area contributed by atoms with E-state index in [9.17, 15) is 4.79 Å². The molecule has 5 rings (SSSR count). The maximum Gasteiger partial charge on any atom is 0.254 e. The number of nitrogens with zero attached hydrogens (tertiary/aromatic N) is 3. The van der Waals surface area contributed by atoms with Gasteiger partial charge < -0.3 is 23.6 Å². The van der Waals surface area contributed by atoms with Crippen LogP contribution in [0.15, 0.2) is 22.7 Å². The highest BCUT2D eigenvalue weighted by molar-refractivity contribution is 5.95. The van der Waals surface area contributed by atoms with Gasteiger partial charge in [-0.25, -0.2) is 0 Å². The van der Waals surface area contributed by atoms with Crippen molar-refractivity contribution in [2.24, 2.45) is 5.92 Å². The highest BCUT2D eigenvalue weighted by atomic mass is 16.7. The molecular weight excluding hydrogens is 338 g/mol. The molecule has 8 heteroatoms. The SMILES string of the molecule is Cc1noc(C[C@@H]2C[C@H]3CN(C(=O)c4ccc5c(c4)OCO5)C[C@H]3O2)n1. The van der Waals surface area contributed by atoms with Gasteiger partial charge in [-0.3, -0.25) is 4.79 Å². The summed E-state index contributed by atoms with van der Waals surface area (Å²) in [5.41, 5.74) is 0.618. The van der Waals surface area contributed by atoms with Crippen LogP contribution in [0.4, 0.5) is 0 Å². The third kappa shape index (κ3) is 2.70. The number of aromatic nitrogens is 2. The molecule has 0 unspecified atom stereocenters. The molecule has 0 spiro atoms. The first-order valence-corrected chi connectivity index (χ1v) is 8.79. The molecule has 0 N–H and O–H groups in total. The van der Waals surface area contributed by atoms with Crippen molar-refractivity contribution >= 4 is 5.91 Å². The lowest BCUT2D eigenvalue weighted by molar-refractivity contribution is 0.0330. The number of likely N-dealkylation sites (tertiary alicyclic amines) is 1. The average molecular weight is 357 g/mol. The topological polar surface area (TPSA) is 86.9 Å². The van der Waals surface area contributed by atoms with Crippen LogP contribution in [0.2, 0.25) is 0 Å². The molecule has 8 nitrogen and oxygen atoms in total. The first-order chi connectivity index (χ1) is 12.7. The molecule has 136 valence electrons. The van der Waals surface area contributed by atoms with E-state index in [0.717, 1.165) is 6.42 Å². The van der Waals surface area contributed by atoms with Gasteiger partial charge in [0.1, 0.15) is 0 Å². The third-order valence-electron chi connectivity index (χ3n) is 5.19. The summed E-state index contributed by atoms with van der Waals surface area (Å²) in [5.74, 6) is 2.91. The maximum absolute atomic E-state index is 12.8. The highest BCUT2D eigenvalue weighted by Crippen LogP contribution is 2.36. The smallest absolute Gasteiger partial charge is 0.254 e. The summed E-state index contributed by atoms with van der Waals surface area (Å²) >= 11 is 0. The van der Waals surface area contributed by atoms with Crippen LogP contribution in [0, 0.1) is 12.8 Å². The second-order valence-corrected chi connectivity index (χ2v) is 7.01. The molecule has 3 atom stereocenters. The number of aryl methyl sites for hydroxylation is 1. The van der Waals surface area contributed by atoms with Crippen molar-refractivity contribution < 1.29 is 23.5 Å². The maximum atomic E-state index is 12.8. The van der Waals surface area contributed by atoms with Crippen molar-refractivity contribution in [2.45, 2.75) is 32.0 Å². The first-order valence-electron chi connectivity index (χ1n) is 8.79. The predicted octanol–water partition coefficient (Wildman–Crippen LogP) is 1.58. The minimum Gasteiger partial charge on any atom is -0.454 e. The summed E-state index contributed by atoms with van der Waals surface area (Å²) in [5, 5.41) is 3.81. The van der Waals surface area contributed by atoms with E-state index in [1.54, 1.807) is 25.1 Å². The molecule has 4 heterocycles. The Morgan fingerprint density at radius 3 is 2.96 bits per heavy atom. The number of amides is 1. The first kappa shape index (κ1) is 15.6. The fraction of sp³-hybridized carbons (Fsp3) is 0.500. The molecule has 26 heavy (non-hydrogen) atoms. The van der Waals surface area contributed by atoms with Gasteiger partial charge in [0.15, 0.2) is 17.3 Å². The summed E-state index contributed by atoms with van der Waals surface area (Å²) in [4.78, 5) is 18.9. The minimum atomic E-state index is 0.00498. The number of fused-ring (bicyclic) bond motifs is 2. The van der Waals surface area contributed by atoms with Crippen molar-refractivity contribution in [3.05, 3.63) is 35.5 Å². The summed E-state index contributed by atoms with van der Waals surface area (Å²) in [7, 11) is 0. The molecule has 3 aliphatic rings. The Balaban J connectivity index is 1.22. The number of ether oxygens (including phenoxy) is 3. The standard InChI is InChI=1S/C18H19N3O5/c1-10-19-17(26-20-10)6-13-4-12-7-21(8-16(12)25-13)18(22)11-2-3-14-15(5-11)24-9-23-14/h2-3,5,12-13,16H,4,6-9H2,1H3/t12-,13-,16+/m0/s1. The zero-order chi connectivity index (χ0) is 17.7. The van der Waals surface area contributed by atoms with Crippen molar-refractivity contribution in [2.75, 3.05) is 19.9 Å². The van der Waals surface area contributed by atoms with Gasteiger partial charge in [0, 0.05) is 24.6 Å². The van der Waals surface area contributed by atoms with Crippen LogP contribution in [0.25, 0.3) is 0 Å². The summed E-state index contributed by atoms with van der Waals surface area (Å²) in [6.45, 7) is 3.32. The average Bonchev–Trinajstić information content (AvgIpc) is 3.37. The second kappa shape index (κ2) is 5.98. The molecule has 0 saturated carbocycles. The van der Waals surface area contributed by atoms with Gasteiger partial charge in [-0.15, -0.1) is 0 Å². The van der Waals surface area contributed by atoms with Crippen LogP contribution in [-0.4, -0.2) is 53.0 Å². The molecule has 1 aromatic heterocycles. The monoisotopic (exact) mass is 357 g/mol. The molecular formula is C18H19N3O5. The van der Waals surface area contributed by atoms with Gasteiger partial charge >= 0.3 is 0 Å². The van der Waals surface area contributed by atoms with E-state index in [-0.39, 0.29) is 24.9 Å². The lowest BCUT2D eigenvalue weighted by atomic mass is 10.0. The van der Waals surface area contributed by atoms with Crippen LogP contribution in [0.5, 0.6) is 11.5 Å². The van der Waals surface area contributed by atoms with Crippen molar-refractivity contribution in [3.63, 3.8) is 0 Å². The fourth-order valence-electron chi connectivity index (χ4n) is 3.99. The van der Waals surface area contributed by atoms with E-state index < -0.39 is 0 Å². The molecule has 1 amide bonds. The Morgan fingerprint density at radius 2 is 2.15 bits per heavy atom. The minimum absolute atomic E-state index is 0.00498. The summed E-state index contributed by atoms with van der Waals surface area (Å²) < 4.78 is 22.0. The Labute approximate surface area is 150 Å². The molecule has 0 bridgehead atoms. The van der Waals surface area contributed by atoms with Crippen LogP contribution >= 0.6 is 0 Å². The van der Waals surface area contributed by atoms with Crippen LogP contribution < -0.4 is 9.47 Å². The Bertz CT molecular complexity index is 837. The number of carbonyl (C=O) groups is 1. The largest absolute Gasteiger partial charge is 0.454 e. The zero-order valence-electron chi connectivity index (χ0n) is 14.4. The molecule has 0 aliphatic carbocycles. The van der Waals surface area contributed by atoms with E-state index in [1.165, 1.54) is 0 Å². The summed E-state index contributed by atoms with van der Waals surface area (Å²) in [6.07, 6.45) is 1.68. The predicted molar refractivity (Wildman–Crippen MR) is 88.0 cm³/mol. The van der Waals surface area contributed by atoms with Gasteiger partial charge in [0.25, 0.3) is 5.91 Å². The molecule has 0 radical (unpaired) electrons. The zero-order valence-corrected chi connectivity index (χ0v) is 14.4. The Hall–Kier alpha value is -2.61. The highest BCUT2D eigenvalue weighted by Gasteiger charge is 2.44. The number of hydrogen-bond donors (Lipinski definition) is 0. The van der Waals surface area contributed by atoms with E-state index >= 15 is 0 Å². The van der Waals surface area contributed by atoms with Crippen LogP contribution in [0.3, 0.4) is 0 Å². The van der Waals surface area contributed by atoms with Gasteiger partial charge in [0.2, 0.25) is 12.7 Å². The van der Waals surface area contributed by atoms with E-state index in [1.807, 2.05) is 4.90 Å². The lowest BCUT2D eigenvalue weighted by Crippen LogP contribution is -2.31. The molecule has 2 saturated heterocycles. The van der Waals surface area contributed by atoms with E-state index in [4.69, 9.17) is 18.7 Å². The number of benzene rings is 1. The molecule has 2 fully saturated rings. The van der Waals surface area contributed by atoms with E-state index in [0.29, 0.717) is 54.2 Å². The number of hydrogen-bond acceptors (Lipinski definition) is 7. The Morgan fingerprint density at radius 1 is 1.27 bits per heavy atom. The fourth-order valence-corrected chi connectivity index (χ4v) is 3.99. The van der Waals surface area contributed by atoms with Gasteiger partial charge in [0.05, 0.1) is 18.6 Å². The molecule has 1 aromatic carbocycles. The Kier molecular flexibility index (Phi) is 3.59. The third-order valence-corrected chi connectivity index (χ3v) is 5.19. The number of carbonyl (C=O) groups excluding carboxylic acids is 1. The van der Waals surface area contributed by atoms with Crippen molar-refractivity contribution in [3.8, 4) is 11.5 Å². The van der Waals surface area contributed by atoms with Crippen LogP contribution in [-0.2, 0) is 11.2 Å². The van der Waals surface area contributed by atoms with Crippen molar-refractivity contribution in [1.82, 2.24) is 15.0 Å². The van der Waals surface area contributed by atoms with Gasteiger partial charge in [-0.05, 0) is 31.5 Å². The lowest BCUT2D eigenvalue weighted by Gasteiger charge is -2.19. The quantitative estimate of drug-likeness (QED) is 0.824. The molecule has 3 aliphatic heterocycles. The van der Waals surface area contributed by atoms with Gasteiger partial charge in [-0.2, -0.15) is 4.98 Å². The van der Waals surface area contributed by atoms with Crippen LogP contribution in [0.1, 0.15) is 28.5 Å². The second-order valence-electron chi connectivity index (χ2n) is 7.01.